The molecule has 2 aromatic rings. The number of hydrogen-bond acceptors (Lipinski definition) is 7. The molecule has 6 rings (SSSR count). The minimum atomic E-state index is -4.62. The van der Waals surface area contributed by atoms with E-state index in [-0.39, 0.29) is 37.4 Å². The lowest BCUT2D eigenvalue weighted by atomic mass is 9.65. The summed E-state index contributed by atoms with van der Waals surface area (Å²) >= 11 is 0. The van der Waals surface area contributed by atoms with Gasteiger partial charge in [0.15, 0.2) is 0 Å². The van der Waals surface area contributed by atoms with Gasteiger partial charge in [0.05, 0.1) is 30.2 Å². The maximum atomic E-state index is 14.3. The molecule has 2 saturated heterocycles. The fourth-order valence-corrected chi connectivity index (χ4v) is 8.54. The van der Waals surface area contributed by atoms with Crippen LogP contribution < -0.4 is 16.5 Å². The third-order valence-electron chi connectivity index (χ3n) is 10.1. The van der Waals surface area contributed by atoms with Crippen molar-refractivity contribution >= 4 is 15.5 Å². The molecule has 0 bridgehead atoms. The highest BCUT2D eigenvalue weighted by atomic mass is 32.2. The molecule has 0 radical (unpaired) electrons. The van der Waals surface area contributed by atoms with Crippen molar-refractivity contribution < 1.29 is 21.6 Å². The second kappa shape index (κ2) is 11.5. The molecule has 0 aromatic carbocycles. The van der Waals surface area contributed by atoms with Crippen molar-refractivity contribution in [1.82, 2.24) is 33.9 Å². The highest BCUT2D eigenvalue weighted by molar-refractivity contribution is 7.88. The summed E-state index contributed by atoms with van der Waals surface area (Å²) in [6, 6.07) is 0.999. The van der Waals surface area contributed by atoms with Crippen LogP contribution in [0.2, 0.25) is 0 Å². The van der Waals surface area contributed by atoms with Crippen molar-refractivity contribution in [2.75, 3.05) is 46.2 Å². The van der Waals surface area contributed by atoms with Gasteiger partial charge in [0.25, 0.3) is 0 Å². The van der Waals surface area contributed by atoms with E-state index in [0.717, 1.165) is 44.7 Å². The molecule has 4 aliphatic rings. The number of halogens is 3. The smallest absolute Gasteiger partial charge is 0.296 e. The van der Waals surface area contributed by atoms with Gasteiger partial charge in [0.1, 0.15) is 0 Å². The summed E-state index contributed by atoms with van der Waals surface area (Å²) < 4.78 is 70.8. The van der Waals surface area contributed by atoms with Crippen LogP contribution in [0.5, 0.6) is 0 Å². The van der Waals surface area contributed by atoms with Gasteiger partial charge in [0.2, 0.25) is 10.0 Å². The minimum Gasteiger partial charge on any atom is -0.296 e. The van der Waals surface area contributed by atoms with Gasteiger partial charge in [-0.05, 0) is 55.7 Å². The highest BCUT2D eigenvalue weighted by Gasteiger charge is 2.44. The number of hydrazine groups is 1. The van der Waals surface area contributed by atoms with Crippen LogP contribution in [0.15, 0.2) is 23.3 Å². The molecular formula is C28H42F3N7O3S. The summed E-state index contributed by atoms with van der Waals surface area (Å²) in [7, 11) is -1.20. The first-order valence-electron chi connectivity index (χ1n) is 15.1. The molecule has 42 heavy (non-hydrogen) atoms. The topological polar surface area (TPSA) is 94.3 Å². The van der Waals surface area contributed by atoms with E-state index in [1.54, 1.807) is 4.57 Å². The van der Waals surface area contributed by atoms with E-state index in [4.69, 9.17) is 0 Å². The molecule has 2 aromatic heterocycles. The van der Waals surface area contributed by atoms with E-state index in [1.807, 2.05) is 4.90 Å². The van der Waals surface area contributed by atoms with Crippen LogP contribution >= 0.6 is 0 Å². The Morgan fingerprint density at radius 2 is 1.71 bits per heavy atom. The summed E-state index contributed by atoms with van der Waals surface area (Å²) in [6.07, 6.45) is 6.91. The monoisotopic (exact) mass is 613 g/mol. The average Bonchev–Trinajstić information content (AvgIpc) is 3.47. The lowest BCUT2D eigenvalue weighted by Crippen LogP contribution is -2.50. The normalized spacial score (nSPS) is 28.4. The van der Waals surface area contributed by atoms with Crippen molar-refractivity contribution in [1.29, 1.82) is 0 Å². The fraction of sp³-hybridized carbons (Fsp3) is 0.750. The molecule has 14 heteroatoms. The Balaban J connectivity index is 1.27. The highest BCUT2D eigenvalue weighted by Crippen LogP contribution is 2.47. The van der Waals surface area contributed by atoms with Gasteiger partial charge in [-0.25, -0.2) is 24.1 Å². The zero-order valence-electron chi connectivity index (χ0n) is 24.3. The lowest BCUT2D eigenvalue weighted by molar-refractivity contribution is -0.136. The van der Waals surface area contributed by atoms with Gasteiger partial charge < -0.3 is 0 Å². The van der Waals surface area contributed by atoms with Crippen LogP contribution in [0, 0.1) is 17.8 Å². The number of aromatic nitrogens is 2. The van der Waals surface area contributed by atoms with Crippen molar-refractivity contribution in [2.45, 2.75) is 69.9 Å². The average molecular weight is 614 g/mol. The second-order valence-corrected chi connectivity index (χ2v) is 14.8. The van der Waals surface area contributed by atoms with E-state index in [9.17, 15) is 26.4 Å². The summed E-state index contributed by atoms with van der Waals surface area (Å²) in [4.78, 5) is 18.0. The Morgan fingerprint density at radius 3 is 2.31 bits per heavy atom. The van der Waals surface area contributed by atoms with E-state index >= 15 is 0 Å². The van der Waals surface area contributed by atoms with E-state index in [0.29, 0.717) is 36.4 Å². The Hall–Kier alpha value is -1.97. The number of nitrogens with one attached hydrogen (secondary N) is 2. The molecule has 234 valence electrons. The van der Waals surface area contributed by atoms with E-state index in [1.165, 1.54) is 40.4 Å². The molecule has 0 amide bonds. The first kappa shape index (κ1) is 30.1. The number of fused-ring (bicyclic) bond motifs is 1. The van der Waals surface area contributed by atoms with E-state index in [2.05, 4.69) is 22.8 Å². The Labute approximate surface area is 244 Å². The molecule has 4 fully saturated rings. The number of pyridine rings is 1. The molecule has 2 aliphatic heterocycles. The standard InChI is InChI=1S/C28H42F3N7O3S/c1-34-18-32-33-26(34)25(20-5-3-6-20)21-7-4-8-22(14-21)37-17-24-23(28(29,30)31)13-19(16-38(24)27(37)39)15-35-9-11-36(12-10-35)42(2,40)41/h13,16-17,20-22,25-26,32-33H,3-12,14-15,18H2,1-2H3/t21?,22?,25-,26?/m1/s1. The number of imidazole rings is 1. The zero-order chi connectivity index (χ0) is 29.8. The summed E-state index contributed by atoms with van der Waals surface area (Å²) in [6.45, 7) is 2.37. The molecule has 2 N–H and O–H groups in total. The first-order chi connectivity index (χ1) is 19.9. The number of alkyl halides is 3. The number of hydrogen-bond donors (Lipinski definition) is 2. The molecule has 4 heterocycles. The van der Waals surface area contributed by atoms with Crippen LogP contribution in [-0.2, 0) is 22.7 Å². The van der Waals surface area contributed by atoms with Crippen molar-refractivity contribution in [3.63, 3.8) is 0 Å². The summed E-state index contributed by atoms with van der Waals surface area (Å²) in [5.41, 5.74) is 5.74. The van der Waals surface area contributed by atoms with E-state index < -0.39 is 27.5 Å². The zero-order valence-corrected chi connectivity index (χ0v) is 25.1. The Morgan fingerprint density at radius 1 is 1.02 bits per heavy atom. The Kier molecular flexibility index (Phi) is 8.24. The molecule has 3 unspecified atom stereocenters. The molecule has 2 saturated carbocycles. The SMILES string of the molecule is CN1CNNC1[C@H](C1CCC1)C1CCCC(n2cc3c(C(F)(F)F)cc(CN4CCN(S(C)(=O)=O)CC4)cn3c2=O)C1. The van der Waals surface area contributed by atoms with Gasteiger partial charge in [-0.15, -0.1) is 0 Å². The van der Waals surface area contributed by atoms with Gasteiger partial charge in [-0.2, -0.15) is 17.5 Å². The maximum Gasteiger partial charge on any atom is 0.418 e. The largest absolute Gasteiger partial charge is 0.418 e. The predicted octanol–water partition coefficient (Wildman–Crippen LogP) is 2.67. The Bertz CT molecular complexity index is 1450. The van der Waals surface area contributed by atoms with Gasteiger partial charge in [0, 0.05) is 51.2 Å². The van der Waals surface area contributed by atoms with Crippen LogP contribution in [0.3, 0.4) is 0 Å². The van der Waals surface area contributed by atoms with Crippen molar-refractivity contribution in [3.8, 4) is 0 Å². The molecule has 2 aliphatic carbocycles. The second-order valence-electron chi connectivity index (χ2n) is 12.8. The fourth-order valence-electron chi connectivity index (χ4n) is 7.72. The number of sulfonamides is 1. The summed E-state index contributed by atoms with van der Waals surface area (Å²) in [5.74, 6) is 1.43. The maximum absolute atomic E-state index is 14.3. The van der Waals surface area contributed by atoms with Crippen molar-refractivity contribution in [2.24, 2.45) is 17.8 Å². The van der Waals surface area contributed by atoms with Gasteiger partial charge in [-0.1, -0.05) is 25.7 Å². The number of rotatable bonds is 7. The number of piperazine rings is 1. The third-order valence-corrected chi connectivity index (χ3v) is 11.4. The minimum absolute atomic E-state index is 0.114. The molecule has 4 atom stereocenters. The van der Waals surface area contributed by atoms with Crippen LogP contribution in [0.1, 0.15) is 62.1 Å². The first-order valence-corrected chi connectivity index (χ1v) is 16.9. The molecule has 10 nitrogen and oxygen atoms in total. The summed E-state index contributed by atoms with van der Waals surface area (Å²) in [5, 5.41) is 0. The van der Waals surface area contributed by atoms with Gasteiger partial charge in [-0.3, -0.25) is 18.8 Å². The number of nitrogens with zero attached hydrogens (tertiary/aromatic N) is 5. The van der Waals surface area contributed by atoms with Crippen LogP contribution in [0.25, 0.3) is 5.52 Å². The van der Waals surface area contributed by atoms with Crippen LogP contribution in [0.4, 0.5) is 13.2 Å². The van der Waals surface area contributed by atoms with Gasteiger partial charge >= 0.3 is 11.9 Å². The third kappa shape index (κ3) is 5.90. The molecule has 0 spiro atoms. The lowest BCUT2D eigenvalue weighted by Gasteiger charge is -2.46. The quantitative estimate of drug-likeness (QED) is 0.496. The van der Waals surface area contributed by atoms with Crippen molar-refractivity contribution in [3.05, 3.63) is 40.1 Å². The van der Waals surface area contributed by atoms with Crippen LogP contribution in [-0.4, -0.2) is 83.8 Å². The predicted molar refractivity (Wildman–Crippen MR) is 153 cm³/mol. The molecular weight excluding hydrogens is 571 g/mol.